The molecule has 0 radical (unpaired) electrons. The highest BCUT2D eigenvalue weighted by Gasteiger charge is 2.25. The minimum atomic E-state index is 0.652. The molecule has 1 aliphatic heterocycles. The molecular formula is C52H68Br4O4S4. The van der Waals surface area contributed by atoms with Crippen molar-refractivity contribution in [2.45, 2.75) is 195 Å². The van der Waals surface area contributed by atoms with Gasteiger partial charge in [0.05, 0.1) is 65.6 Å². The highest BCUT2D eigenvalue weighted by atomic mass is 79.9. The van der Waals surface area contributed by atoms with Crippen LogP contribution in [0.1, 0.15) is 156 Å². The number of hydrogen-bond acceptors (Lipinski definition) is 8. The lowest BCUT2D eigenvalue weighted by Crippen LogP contribution is -2.04. The Morgan fingerprint density at radius 2 is 0.453 bits per heavy atom. The fourth-order valence-electron chi connectivity index (χ4n) is 7.35. The number of fused-ring (bicyclic) bond motifs is 8. The van der Waals surface area contributed by atoms with Crippen LogP contribution in [0.2, 0.25) is 0 Å². The molecule has 0 fully saturated rings. The molecule has 0 unspecified atom stereocenters. The van der Waals surface area contributed by atoms with Gasteiger partial charge in [-0.2, -0.15) is 0 Å². The first kappa shape index (κ1) is 54.3. The Hall–Kier alpha value is -0.600. The molecule has 64 heavy (non-hydrogen) atoms. The van der Waals surface area contributed by atoms with Crippen molar-refractivity contribution in [2.24, 2.45) is 0 Å². The minimum absolute atomic E-state index is 0.652. The smallest absolute Gasteiger partial charge is 0.147 e. The van der Waals surface area contributed by atoms with Gasteiger partial charge in [0, 0.05) is 17.9 Å². The fourth-order valence-corrected chi connectivity index (χ4v) is 15.2. The summed E-state index contributed by atoms with van der Waals surface area (Å²) in [6.07, 6.45) is 23.4. The van der Waals surface area contributed by atoms with Gasteiger partial charge in [0.25, 0.3) is 0 Å². The van der Waals surface area contributed by atoms with Crippen molar-refractivity contribution < 1.29 is 18.9 Å². The maximum atomic E-state index is 6.94. The van der Waals surface area contributed by atoms with Gasteiger partial charge in [-0.15, -0.1) is 0 Å². The molecule has 0 saturated carbocycles. The molecule has 4 nitrogen and oxygen atoms in total. The third kappa shape index (κ3) is 18.0. The van der Waals surface area contributed by atoms with E-state index in [9.17, 15) is 0 Å². The first-order valence-electron chi connectivity index (χ1n) is 23.8. The van der Waals surface area contributed by atoms with Crippen LogP contribution in [0, 0.1) is 0 Å². The molecule has 0 aliphatic carbocycles. The van der Waals surface area contributed by atoms with Gasteiger partial charge >= 0.3 is 0 Å². The summed E-state index contributed by atoms with van der Waals surface area (Å²) in [6, 6.07) is 17.6. The Morgan fingerprint density at radius 3 is 0.625 bits per heavy atom. The van der Waals surface area contributed by atoms with Crippen molar-refractivity contribution in [3.8, 4) is 23.0 Å². The zero-order chi connectivity index (χ0) is 45.5. The zero-order valence-electron chi connectivity index (χ0n) is 38.4. The lowest BCUT2D eigenvalue weighted by Gasteiger charge is -2.23. The number of ether oxygens (including phenoxy) is 4. The Labute approximate surface area is 436 Å². The molecule has 1 heterocycles. The van der Waals surface area contributed by atoms with Crippen LogP contribution in [-0.2, 0) is 0 Å². The van der Waals surface area contributed by atoms with Crippen LogP contribution >= 0.6 is 111 Å². The average Bonchev–Trinajstić information content (AvgIpc) is 3.25. The van der Waals surface area contributed by atoms with Crippen molar-refractivity contribution >= 4 is 111 Å². The Balaban J connectivity index is 1.69. The molecule has 4 aromatic rings. The first-order valence-corrected chi connectivity index (χ1v) is 30.2. The molecule has 352 valence electrons. The normalized spacial score (nSPS) is 12.4. The minimum Gasteiger partial charge on any atom is -0.491 e. The SMILES string of the molecule is CCCCCCCOc1c2cc(Br)cc1Sc1cc(Br)cc(c1OCCCCCCC)Sc1cc(Br)cc(c1OCCCCCCC)Sc1cc(Br)cc(c1OCCCCCCC)S2. The van der Waals surface area contributed by atoms with Crippen molar-refractivity contribution in [1.82, 2.24) is 0 Å². The maximum Gasteiger partial charge on any atom is 0.147 e. The summed E-state index contributed by atoms with van der Waals surface area (Å²) in [5, 5.41) is 0. The van der Waals surface area contributed by atoms with E-state index < -0.39 is 0 Å². The topological polar surface area (TPSA) is 36.9 Å². The maximum absolute atomic E-state index is 6.94. The van der Waals surface area contributed by atoms with Crippen LogP contribution in [0.3, 0.4) is 0 Å². The van der Waals surface area contributed by atoms with Crippen LogP contribution in [0.15, 0.2) is 106 Å². The van der Waals surface area contributed by atoms with Crippen LogP contribution in [0.5, 0.6) is 23.0 Å². The molecule has 0 amide bonds. The number of benzene rings is 4. The summed E-state index contributed by atoms with van der Waals surface area (Å²) in [7, 11) is 0. The average molecular weight is 1200 g/mol. The molecule has 4 aromatic carbocycles. The first-order chi connectivity index (χ1) is 31.2. The van der Waals surface area contributed by atoms with Crippen LogP contribution in [-0.4, -0.2) is 26.4 Å². The Bertz CT molecular complexity index is 1650. The number of unbranched alkanes of at least 4 members (excludes halogenated alkanes) is 16. The molecule has 12 heteroatoms. The molecule has 5 rings (SSSR count). The van der Waals surface area contributed by atoms with Gasteiger partial charge in [-0.3, -0.25) is 0 Å². The van der Waals surface area contributed by atoms with E-state index in [1.807, 2.05) is 0 Å². The van der Waals surface area contributed by atoms with E-state index in [4.69, 9.17) is 18.9 Å². The Kier molecular flexibility index (Phi) is 26.1. The molecule has 8 bridgehead atoms. The van der Waals surface area contributed by atoms with Crippen LogP contribution in [0.4, 0.5) is 0 Å². The molecular weight excluding hydrogens is 1140 g/mol. The monoisotopic (exact) mass is 1200 g/mol. The van der Waals surface area contributed by atoms with Gasteiger partial charge in [-0.1, -0.05) is 241 Å². The highest BCUT2D eigenvalue weighted by Crippen LogP contribution is 2.55. The molecule has 1 aliphatic rings. The summed E-state index contributed by atoms with van der Waals surface area (Å²) in [6.45, 7) is 11.7. The fraction of sp³-hybridized carbons (Fsp3) is 0.538. The van der Waals surface area contributed by atoms with Gasteiger partial charge in [0.1, 0.15) is 23.0 Å². The number of hydrogen-bond donors (Lipinski definition) is 0. The summed E-state index contributed by atoms with van der Waals surface area (Å²) in [5.41, 5.74) is 0. The van der Waals surface area contributed by atoms with E-state index in [-0.39, 0.29) is 0 Å². The van der Waals surface area contributed by atoms with Gasteiger partial charge < -0.3 is 18.9 Å². The molecule has 0 atom stereocenters. The van der Waals surface area contributed by atoms with Crippen molar-refractivity contribution in [3.63, 3.8) is 0 Å². The van der Waals surface area contributed by atoms with Crippen molar-refractivity contribution in [2.75, 3.05) is 26.4 Å². The zero-order valence-corrected chi connectivity index (χ0v) is 48.0. The van der Waals surface area contributed by atoms with Gasteiger partial charge in [0.15, 0.2) is 0 Å². The van der Waals surface area contributed by atoms with Gasteiger partial charge in [0.2, 0.25) is 0 Å². The van der Waals surface area contributed by atoms with E-state index in [1.165, 1.54) is 77.0 Å². The standard InChI is InChI=1S/C52H68Br4O4S4/c1-5-9-13-17-21-25-57-49-41-29-37(53)30-42(49)62-44-32-39(55)34-46(51(44)59-27-23-19-15-11-7-3)64-48-36-40(56)35-47(52(48)60-28-24-20-16-12-8-4)63-45-33-38(54)31-43(61-41)50(45)58-26-22-18-14-10-6-2/h29-36H,5-28H2,1-4H3. The Morgan fingerprint density at radius 1 is 0.281 bits per heavy atom. The van der Waals surface area contributed by atoms with Gasteiger partial charge in [-0.25, -0.2) is 0 Å². The lowest BCUT2D eigenvalue weighted by molar-refractivity contribution is 0.288. The molecule has 0 saturated heterocycles. The number of halogens is 4. The van der Waals surface area contributed by atoms with E-state index in [0.29, 0.717) is 26.4 Å². The lowest BCUT2D eigenvalue weighted by atomic mass is 10.2. The summed E-state index contributed by atoms with van der Waals surface area (Å²) in [4.78, 5) is 8.33. The summed E-state index contributed by atoms with van der Waals surface area (Å²) in [5.74, 6) is 3.57. The largest absolute Gasteiger partial charge is 0.491 e. The molecule has 0 spiro atoms. The predicted molar refractivity (Wildman–Crippen MR) is 290 cm³/mol. The highest BCUT2D eigenvalue weighted by molar-refractivity contribution is 9.11. The third-order valence-corrected chi connectivity index (χ3v) is 16.8. The summed E-state index contributed by atoms with van der Waals surface area (Å²) >= 11 is 22.6. The third-order valence-electron chi connectivity index (χ3n) is 10.8. The summed E-state index contributed by atoms with van der Waals surface area (Å²) < 4.78 is 31.7. The van der Waals surface area contributed by atoms with E-state index >= 15 is 0 Å². The van der Waals surface area contributed by atoms with Crippen LogP contribution < -0.4 is 18.9 Å². The van der Waals surface area contributed by atoms with E-state index in [0.717, 1.165) is 131 Å². The predicted octanol–water partition coefficient (Wildman–Crippen LogP) is 21.1. The van der Waals surface area contributed by atoms with Crippen molar-refractivity contribution in [1.29, 1.82) is 0 Å². The molecule has 0 aromatic heterocycles. The number of rotatable bonds is 28. The quantitative estimate of drug-likeness (QED) is 0.0459. The van der Waals surface area contributed by atoms with E-state index in [2.05, 4.69) is 140 Å². The van der Waals surface area contributed by atoms with E-state index in [1.54, 1.807) is 47.0 Å². The molecule has 0 N–H and O–H groups in total. The second-order valence-corrected chi connectivity index (χ2v) is 24.4. The van der Waals surface area contributed by atoms with Crippen LogP contribution in [0.25, 0.3) is 0 Å². The van der Waals surface area contributed by atoms with Gasteiger partial charge in [-0.05, 0) is 74.2 Å². The van der Waals surface area contributed by atoms with Crippen molar-refractivity contribution in [3.05, 3.63) is 66.4 Å². The second kappa shape index (κ2) is 30.8. The second-order valence-electron chi connectivity index (χ2n) is 16.4.